The highest BCUT2D eigenvalue weighted by Crippen LogP contribution is 2.26. The van der Waals surface area contributed by atoms with E-state index in [-0.39, 0.29) is 0 Å². The van der Waals surface area contributed by atoms with Crippen molar-refractivity contribution >= 4 is 31.3 Å². The predicted molar refractivity (Wildman–Crippen MR) is 125 cm³/mol. The Morgan fingerprint density at radius 1 is 0.931 bits per heavy atom. The van der Waals surface area contributed by atoms with Crippen LogP contribution >= 0.6 is 23.2 Å². The number of nitrogens with one attached hydrogen (secondary N) is 1. The maximum atomic E-state index is 6.08. The quantitative estimate of drug-likeness (QED) is 0.499. The van der Waals surface area contributed by atoms with E-state index in [0.29, 0.717) is 11.6 Å². The number of hydrogen-bond acceptors (Lipinski definition) is 3. The lowest BCUT2D eigenvalue weighted by Gasteiger charge is -2.35. The van der Waals surface area contributed by atoms with Gasteiger partial charge < -0.3 is 0 Å². The van der Waals surface area contributed by atoms with Gasteiger partial charge in [-0.05, 0) is 54.6 Å². The van der Waals surface area contributed by atoms with Crippen LogP contribution in [0.25, 0.3) is 16.9 Å². The Kier molecular flexibility index (Phi) is 6.13. The summed E-state index contributed by atoms with van der Waals surface area (Å²) in [6, 6.07) is 20.5. The van der Waals surface area contributed by atoms with Crippen molar-refractivity contribution in [3.8, 4) is 16.9 Å². The summed E-state index contributed by atoms with van der Waals surface area (Å²) in [7, 11) is -0.966. The number of benzene rings is 2. The monoisotopic (exact) mass is 444 g/mol. The molecule has 152 valence electrons. The second-order valence-electron chi connectivity index (χ2n) is 8.40. The van der Waals surface area contributed by atoms with E-state index in [1.807, 2.05) is 53.2 Å². The Morgan fingerprint density at radius 2 is 1.52 bits per heavy atom. The molecule has 2 heterocycles. The molecule has 0 unspecified atom stereocenters. The first kappa shape index (κ1) is 20.6. The van der Waals surface area contributed by atoms with Crippen LogP contribution in [0.15, 0.2) is 54.6 Å². The maximum Gasteiger partial charge on any atom is 0.0787 e. The molecule has 0 spiro atoms. The van der Waals surface area contributed by atoms with E-state index in [0.717, 1.165) is 40.8 Å². The molecule has 7 heteroatoms. The SMILES string of the molecule is C[Si]1(C)CCN(NCc2cc(-c3ccc(Cl)cc3)n(-c3ccc(Cl)cc3)n2)CC1. The van der Waals surface area contributed by atoms with Crippen molar-refractivity contribution in [1.29, 1.82) is 0 Å². The average molecular weight is 445 g/mol. The van der Waals surface area contributed by atoms with Crippen molar-refractivity contribution in [2.45, 2.75) is 31.7 Å². The second kappa shape index (κ2) is 8.62. The molecular weight excluding hydrogens is 419 g/mol. The van der Waals surface area contributed by atoms with Crippen LogP contribution < -0.4 is 5.43 Å². The summed E-state index contributed by atoms with van der Waals surface area (Å²) in [4.78, 5) is 0. The molecule has 29 heavy (non-hydrogen) atoms. The van der Waals surface area contributed by atoms with E-state index in [2.05, 4.69) is 29.6 Å². The highest BCUT2D eigenvalue weighted by atomic mass is 35.5. The zero-order chi connectivity index (χ0) is 20.4. The highest BCUT2D eigenvalue weighted by Gasteiger charge is 2.27. The lowest BCUT2D eigenvalue weighted by atomic mass is 10.1. The summed E-state index contributed by atoms with van der Waals surface area (Å²) >= 11 is 12.2. The van der Waals surface area contributed by atoms with Crippen molar-refractivity contribution in [3.63, 3.8) is 0 Å². The fourth-order valence-corrected chi connectivity index (χ4v) is 5.84. The van der Waals surface area contributed by atoms with Crippen molar-refractivity contribution in [2.75, 3.05) is 13.1 Å². The molecule has 0 aliphatic carbocycles. The molecule has 1 aliphatic rings. The largest absolute Gasteiger partial charge is 0.249 e. The number of halogens is 2. The number of hydrazine groups is 1. The molecule has 1 aromatic heterocycles. The number of nitrogens with zero attached hydrogens (tertiary/aromatic N) is 3. The van der Waals surface area contributed by atoms with Gasteiger partial charge in [0.1, 0.15) is 0 Å². The molecule has 2 aromatic carbocycles. The molecule has 1 aliphatic heterocycles. The van der Waals surface area contributed by atoms with Crippen LogP contribution in [0.5, 0.6) is 0 Å². The third-order valence-corrected chi connectivity index (χ3v) is 9.23. The number of aromatic nitrogens is 2. The van der Waals surface area contributed by atoms with Crippen LogP contribution in [0.3, 0.4) is 0 Å². The van der Waals surface area contributed by atoms with Gasteiger partial charge in [-0.2, -0.15) is 5.10 Å². The molecule has 3 aromatic rings. The highest BCUT2D eigenvalue weighted by molar-refractivity contribution is 6.77. The smallest absolute Gasteiger partial charge is 0.0787 e. The molecular formula is C22H26Cl2N4Si. The topological polar surface area (TPSA) is 33.1 Å². The van der Waals surface area contributed by atoms with Gasteiger partial charge >= 0.3 is 0 Å². The lowest BCUT2D eigenvalue weighted by molar-refractivity contribution is 0.194. The van der Waals surface area contributed by atoms with Gasteiger partial charge in [0.15, 0.2) is 0 Å². The van der Waals surface area contributed by atoms with E-state index in [4.69, 9.17) is 28.3 Å². The summed E-state index contributed by atoms with van der Waals surface area (Å²) in [5.74, 6) is 0. The van der Waals surface area contributed by atoms with E-state index >= 15 is 0 Å². The van der Waals surface area contributed by atoms with Crippen molar-refractivity contribution in [1.82, 2.24) is 20.2 Å². The summed E-state index contributed by atoms with van der Waals surface area (Å²) in [5.41, 5.74) is 7.68. The lowest BCUT2D eigenvalue weighted by Crippen LogP contribution is -2.48. The summed E-state index contributed by atoms with van der Waals surface area (Å²) in [6.45, 7) is 7.93. The summed E-state index contributed by atoms with van der Waals surface area (Å²) < 4.78 is 1.98. The molecule has 1 fully saturated rings. The first-order chi connectivity index (χ1) is 13.9. The minimum absolute atomic E-state index is 0.711. The Bertz CT molecular complexity index is 894. The predicted octanol–water partition coefficient (Wildman–Crippen LogP) is 5.87. The molecule has 0 radical (unpaired) electrons. The standard InChI is InChI=1S/C22H26Cl2N4Si/c1-29(2)13-11-27(12-14-29)25-16-20-15-22(17-3-5-18(23)6-4-17)28(26-20)21-9-7-19(24)8-10-21/h3-10,15,25H,11-14,16H2,1-2H3. The summed E-state index contributed by atoms with van der Waals surface area (Å²) in [5, 5.41) is 8.67. The fraction of sp³-hybridized carbons (Fsp3) is 0.318. The number of rotatable bonds is 5. The Labute approximate surface area is 183 Å². The van der Waals surface area contributed by atoms with Gasteiger partial charge in [0.2, 0.25) is 0 Å². The van der Waals surface area contributed by atoms with Crippen molar-refractivity contribution < 1.29 is 0 Å². The zero-order valence-electron chi connectivity index (χ0n) is 16.8. The molecule has 4 nitrogen and oxygen atoms in total. The molecule has 0 amide bonds. The first-order valence-electron chi connectivity index (χ1n) is 9.99. The van der Waals surface area contributed by atoms with E-state index < -0.39 is 8.07 Å². The van der Waals surface area contributed by atoms with E-state index in [9.17, 15) is 0 Å². The third kappa shape index (κ3) is 5.11. The first-order valence-corrected chi connectivity index (χ1v) is 14.2. The van der Waals surface area contributed by atoms with Gasteiger partial charge in [-0.25, -0.2) is 15.1 Å². The van der Waals surface area contributed by atoms with Gasteiger partial charge in [0.25, 0.3) is 0 Å². The molecule has 1 saturated heterocycles. The zero-order valence-corrected chi connectivity index (χ0v) is 19.3. The minimum atomic E-state index is -0.966. The summed E-state index contributed by atoms with van der Waals surface area (Å²) in [6.07, 6.45) is 0. The van der Waals surface area contributed by atoms with Gasteiger partial charge in [0.05, 0.1) is 23.6 Å². The fourth-order valence-electron chi connectivity index (χ4n) is 3.58. The Balaban J connectivity index is 1.57. The van der Waals surface area contributed by atoms with Crippen LogP contribution in [0.2, 0.25) is 35.2 Å². The minimum Gasteiger partial charge on any atom is -0.249 e. The Morgan fingerprint density at radius 3 is 2.14 bits per heavy atom. The Hall–Kier alpha value is -1.63. The molecule has 0 bridgehead atoms. The van der Waals surface area contributed by atoms with Gasteiger partial charge in [-0.15, -0.1) is 0 Å². The maximum absolute atomic E-state index is 6.08. The number of hydrogen-bond donors (Lipinski definition) is 1. The average Bonchev–Trinajstić information content (AvgIpc) is 3.12. The van der Waals surface area contributed by atoms with Gasteiger partial charge in [0, 0.05) is 36.8 Å². The molecule has 0 saturated carbocycles. The van der Waals surface area contributed by atoms with Crippen LogP contribution in [-0.4, -0.2) is 36.0 Å². The molecule has 0 atom stereocenters. The third-order valence-electron chi connectivity index (χ3n) is 5.57. The second-order valence-corrected chi connectivity index (χ2v) is 14.6. The van der Waals surface area contributed by atoms with Crippen molar-refractivity contribution in [3.05, 3.63) is 70.3 Å². The van der Waals surface area contributed by atoms with Gasteiger partial charge in [-0.3, -0.25) is 0 Å². The normalized spacial score (nSPS) is 16.8. The van der Waals surface area contributed by atoms with E-state index in [1.165, 1.54) is 12.1 Å². The van der Waals surface area contributed by atoms with Crippen LogP contribution in [0.4, 0.5) is 0 Å². The molecule has 4 rings (SSSR count). The van der Waals surface area contributed by atoms with Gasteiger partial charge in [-0.1, -0.05) is 48.4 Å². The van der Waals surface area contributed by atoms with Crippen LogP contribution in [-0.2, 0) is 6.54 Å². The van der Waals surface area contributed by atoms with Crippen LogP contribution in [0, 0.1) is 0 Å². The van der Waals surface area contributed by atoms with E-state index in [1.54, 1.807) is 0 Å². The molecule has 1 N–H and O–H groups in total. The van der Waals surface area contributed by atoms with Crippen molar-refractivity contribution in [2.24, 2.45) is 0 Å². The van der Waals surface area contributed by atoms with Crippen LogP contribution in [0.1, 0.15) is 5.69 Å².